The molecule has 0 unspecified atom stereocenters. The van der Waals surface area contributed by atoms with Crippen molar-refractivity contribution >= 4 is 33.8 Å². The molecule has 6 heteroatoms. The summed E-state index contributed by atoms with van der Waals surface area (Å²) in [5.41, 5.74) is 4.33. The van der Waals surface area contributed by atoms with Crippen LogP contribution in [0, 0.1) is 5.41 Å². The lowest BCUT2D eigenvalue weighted by molar-refractivity contribution is 0.0734. The Hall–Kier alpha value is -2.18. The van der Waals surface area contributed by atoms with Crippen molar-refractivity contribution in [1.82, 2.24) is 0 Å². The molecule has 0 aliphatic heterocycles. The van der Waals surface area contributed by atoms with E-state index in [0.29, 0.717) is 16.9 Å². The van der Waals surface area contributed by atoms with Gasteiger partial charge in [-0.05, 0) is 42.5 Å². The Balaban J connectivity index is 2.16. The van der Waals surface area contributed by atoms with Gasteiger partial charge in [-0.15, -0.1) is 0 Å². The molecule has 0 saturated carbocycles. The Morgan fingerprint density at radius 1 is 1.24 bits per heavy atom. The van der Waals surface area contributed by atoms with Gasteiger partial charge in [0.2, 0.25) is 0 Å². The number of halogens is 1. The standard InChI is InChI=1S/C15H13BrN2O3/c1-20-18-13-5-2-10(3-6-13)15(19)21-14-7-4-12(16)8-11(14)9-17/h2-9,17-18H,1H3. The highest BCUT2D eigenvalue weighted by atomic mass is 79.9. The van der Waals surface area contributed by atoms with Crippen LogP contribution in [0.25, 0.3) is 0 Å². The van der Waals surface area contributed by atoms with Crippen LogP contribution in [0.1, 0.15) is 15.9 Å². The number of rotatable bonds is 5. The summed E-state index contributed by atoms with van der Waals surface area (Å²) in [5, 5.41) is 7.35. The average molecular weight is 349 g/mol. The van der Waals surface area contributed by atoms with Gasteiger partial charge in [-0.3, -0.25) is 10.3 Å². The molecule has 0 spiro atoms. The predicted molar refractivity (Wildman–Crippen MR) is 84.1 cm³/mol. The molecule has 0 atom stereocenters. The molecule has 0 radical (unpaired) electrons. The molecule has 2 aromatic rings. The second-order valence-electron chi connectivity index (χ2n) is 4.10. The first-order chi connectivity index (χ1) is 10.1. The third kappa shape index (κ3) is 3.90. The van der Waals surface area contributed by atoms with Gasteiger partial charge in [0.15, 0.2) is 0 Å². The van der Waals surface area contributed by atoms with Gasteiger partial charge in [-0.25, -0.2) is 4.79 Å². The van der Waals surface area contributed by atoms with E-state index in [1.165, 1.54) is 7.11 Å². The Morgan fingerprint density at radius 3 is 2.57 bits per heavy atom. The van der Waals surface area contributed by atoms with Crippen molar-refractivity contribution < 1.29 is 14.4 Å². The summed E-state index contributed by atoms with van der Waals surface area (Å²) in [5.74, 6) is -0.137. The topological polar surface area (TPSA) is 71.4 Å². The van der Waals surface area contributed by atoms with Crippen LogP contribution in [0.3, 0.4) is 0 Å². The minimum absolute atomic E-state index is 0.345. The largest absolute Gasteiger partial charge is 0.422 e. The molecule has 2 rings (SSSR count). The number of esters is 1. The number of hydrogen-bond donors (Lipinski definition) is 2. The zero-order valence-corrected chi connectivity index (χ0v) is 12.8. The van der Waals surface area contributed by atoms with Gasteiger partial charge in [0.25, 0.3) is 0 Å². The van der Waals surface area contributed by atoms with Gasteiger partial charge in [-0.2, -0.15) is 0 Å². The minimum atomic E-state index is -0.482. The molecule has 2 aromatic carbocycles. The van der Waals surface area contributed by atoms with Crippen molar-refractivity contribution in [2.24, 2.45) is 0 Å². The van der Waals surface area contributed by atoms with E-state index in [4.69, 9.17) is 15.0 Å². The summed E-state index contributed by atoms with van der Waals surface area (Å²) in [6, 6.07) is 11.8. The number of carbonyl (C=O) groups is 1. The number of hydrogen-bond acceptors (Lipinski definition) is 5. The first-order valence-electron chi connectivity index (χ1n) is 6.05. The lowest BCUT2D eigenvalue weighted by Crippen LogP contribution is -2.10. The van der Waals surface area contributed by atoms with E-state index in [2.05, 4.69) is 21.4 Å². The van der Waals surface area contributed by atoms with Crippen LogP contribution in [0.4, 0.5) is 5.69 Å². The normalized spacial score (nSPS) is 10.0. The van der Waals surface area contributed by atoms with Crippen LogP contribution in [-0.2, 0) is 4.84 Å². The minimum Gasteiger partial charge on any atom is -0.422 e. The summed E-state index contributed by atoms with van der Waals surface area (Å²) in [7, 11) is 1.51. The van der Waals surface area contributed by atoms with Crippen molar-refractivity contribution in [1.29, 1.82) is 5.41 Å². The van der Waals surface area contributed by atoms with Crippen LogP contribution in [0.2, 0.25) is 0 Å². The molecule has 0 bridgehead atoms. The van der Waals surface area contributed by atoms with E-state index >= 15 is 0 Å². The molecular weight excluding hydrogens is 336 g/mol. The summed E-state index contributed by atoms with van der Waals surface area (Å²) >= 11 is 3.31. The summed E-state index contributed by atoms with van der Waals surface area (Å²) < 4.78 is 6.13. The molecular formula is C15H13BrN2O3. The lowest BCUT2D eigenvalue weighted by Gasteiger charge is -2.08. The molecule has 108 valence electrons. The summed E-state index contributed by atoms with van der Waals surface area (Å²) in [6.45, 7) is 0. The molecule has 0 amide bonds. The quantitative estimate of drug-likeness (QED) is 0.374. The second kappa shape index (κ2) is 7.01. The van der Waals surface area contributed by atoms with E-state index in [1.54, 1.807) is 42.5 Å². The lowest BCUT2D eigenvalue weighted by atomic mass is 10.2. The third-order valence-corrected chi connectivity index (χ3v) is 3.16. The first kappa shape index (κ1) is 15.2. The van der Waals surface area contributed by atoms with Gasteiger partial charge in [0.1, 0.15) is 5.75 Å². The monoisotopic (exact) mass is 348 g/mol. The predicted octanol–water partition coefficient (Wildman–Crippen LogP) is 3.64. The number of anilines is 1. The van der Waals surface area contributed by atoms with Crippen molar-refractivity contribution in [3.05, 3.63) is 58.1 Å². The Kier molecular flexibility index (Phi) is 5.08. The Morgan fingerprint density at radius 2 is 1.95 bits per heavy atom. The van der Waals surface area contributed by atoms with Gasteiger partial charge < -0.3 is 10.1 Å². The van der Waals surface area contributed by atoms with E-state index in [-0.39, 0.29) is 0 Å². The van der Waals surface area contributed by atoms with E-state index in [0.717, 1.165) is 16.4 Å². The van der Waals surface area contributed by atoms with Gasteiger partial charge in [0, 0.05) is 16.3 Å². The summed E-state index contributed by atoms with van der Waals surface area (Å²) in [4.78, 5) is 16.8. The SMILES string of the molecule is CONc1ccc(C(=O)Oc2ccc(Br)cc2C=N)cc1. The van der Waals surface area contributed by atoms with E-state index < -0.39 is 5.97 Å². The Labute approximate surface area is 130 Å². The molecule has 0 saturated heterocycles. The molecule has 0 aromatic heterocycles. The zero-order chi connectivity index (χ0) is 15.2. The van der Waals surface area contributed by atoms with Gasteiger partial charge in [0.05, 0.1) is 18.4 Å². The first-order valence-corrected chi connectivity index (χ1v) is 6.84. The fourth-order valence-corrected chi connectivity index (χ4v) is 2.05. The van der Waals surface area contributed by atoms with Crippen molar-refractivity contribution in [3.63, 3.8) is 0 Å². The van der Waals surface area contributed by atoms with Crippen molar-refractivity contribution in [3.8, 4) is 5.75 Å². The maximum atomic E-state index is 12.1. The fraction of sp³-hybridized carbons (Fsp3) is 0.0667. The number of nitrogens with one attached hydrogen (secondary N) is 2. The van der Waals surface area contributed by atoms with E-state index in [9.17, 15) is 4.79 Å². The maximum Gasteiger partial charge on any atom is 0.343 e. The van der Waals surface area contributed by atoms with Crippen LogP contribution >= 0.6 is 15.9 Å². The highest BCUT2D eigenvalue weighted by molar-refractivity contribution is 9.10. The smallest absolute Gasteiger partial charge is 0.343 e. The van der Waals surface area contributed by atoms with Crippen LogP contribution in [-0.4, -0.2) is 19.3 Å². The highest BCUT2D eigenvalue weighted by Gasteiger charge is 2.11. The highest BCUT2D eigenvalue weighted by Crippen LogP contribution is 2.23. The molecule has 5 nitrogen and oxygen atoms in total. The molecule has 2 N–H and O–H groups in total. The van der Waals surface area contributed by atoms with Crippen LogP contribution in [0.5, 0.6) is 5.75 Å². The zero-order valence-electron chi connectivity index (χ0n) is 11.2. The number of ether oxygens (including phenoxy) is 1. The maximum absolute atomic E-state index is 12.1. The Bertz CT molecular complexity index is 656. The van der Waals surface area contributed by atoms with Gasteiger partial charge in [-0.1, -0.05) is 15.9 Å². The molecule has 0 aliphatic carbocycles. The van der Waals surface area contributed by atoms with Crippen LogP contribution in [0.15, 0.2) is 46.9 Å². The molecule has 0 fully saturated rings. The van der Waals surface area contributed by atoms with Gasteiger partial charge >= 0.3 is 5.97 Å². The van der Waals surface area contributed by atoms with E-state index in [1.807, 2.05) is 0 Å². The third-order valence-electron chi connectivity index (χ3n) is 2.67. The van der Waals surface area contributed by atoms with Crippen molar-refractivity contribution in [2.45, 2.75) is 0 Å². The molecule has 21 heavy (non-hydrogen) atoms. The number of carbonyl (C=O) groups excluding carboxylic acids is 1. The molecule has 0 heterocycles. The van der Waals surface area contributed by atoms with Crippen LogP contribution < -0.4 is 10.2 Å². The van der Waals surface area contributed by atoms with Crippen molar-refractivity contribution in [2.75, 3.05) is 12.6 Å². The number of benzene rings is 2. The summed E-state index contributed by atoms with van der Waals surface area (Å²) in [6.07, 6.45) is 1.14. The second-order valence-corrected chi connectivity index (χ2v) is 5.02. The average Bonchev–Trinajstić information content (AvgIpc) is 2.50. The fourth-order valence-electron chi connectivity index (χ4n) is 1.68. The molecule has 0 aliphatic rings.